The Morgan fingerprint density at radius 1 is 0.729 bits per heavy atom. The van der Waals surface area contributed by atoms with Crippen LogP contribution in [0.2, 0.25) is 0 Å². The van der Waals surface area contributed by atoms with Gasteiger partial charge in [0.25, 0.3) is 0 Å². The molecule has 0 spiro atoms. The maximum atomic E-state index is 13.0. The molecule has 0 radical (unpaired) electrons. The molecule has 4 heterocycles. The second-order valence-electron chi connectivity index (χ2n) is 12.5. The Bertz CT molecular complexity index is 1450. The largest absolute Gasteiger partial charge is 0.453 e. The molecule has 4 atom stereocenters. The fourth-order valence-electron chi connectivity index (χ4n) is 6.50. The average Bonchev–Trinajstić information content (AvgIpc) is 3.92. The lowest BCUT2D eigenvalue weighted by molar-refractivity contribution is -0.134. The highest BCUT2D eigenvalue weighted by atomic mass is 16.5. The minimum absolute atomic E-state index is 0.142. The summed E-state index contributed by atoms with van der Waals surface area (Å²) in [6, 6.07) is 6.98. The number of benzene rings is 1. The van der Waals surface area contributed by atoms with Gasteiger partial charge in [0.15, 0.2) is 0 Å². The van der Waals surface area contributed by atoms with Gasteiger partial charge >= 0.3 is 12.2 Å². The van der Waals surface area contributed by atoms with E-state index < -0.39 is 24.3 Å². The summed E-state index contributed by atoms with van der Waals surface area (Å²) in [5, 5.41) is 5.11. The third kappa shape index (κ3) is 8.33. The molecular formula is C34H46N8O6. The Labute approximate surface area is 280 Å². The van der Waals surface area contributed by atoms with Gasteiger partial charge in [-0.2, -0.15) is 0 Å². The number of amides is 4. The number of ether oxygens (including phenoxy) is 2. The lowest BCUT2D eigenvalue weighted by atomic mass is 10.0. The van der Waals surface area contributed by atoms with E-state index in [1.54, 1.807) is 23.6 Å². The number of nitrogens with zero attached hydrogens (tertiary/aromatic N) is 4. The number of carbonyl (C=O) groups excluding carboxylic acids is 4. The number of rotatable bonds is 12. The molecule has 0 bridgehead atoms. The van der Waals surface area contributed by atoms with E-state index in [0.29, 0.717) is 13.1 Å². The highest BCUT2D eigenvalue weighted by Crippen LogP contribution is 2.32. The molecule has 4 amide bonds. The number of hydrogen-bond acceptors (Lipinski definition) is 8. The van der Waals surface area contributed by atoms with E-state index in [9.17, 15) is 19.2 Å². The van der Waals surface area contributed by atoms with Crippen LogP contribution >= 0.6 is 0 Å². The van der Waals surface area contributed by atoms with Crippen LogP contribution in [0.5, 0.6) is 0 Å². The number of methoxy groups -OCH3 is 2. The van der Waals surface area contributed by atoms with Gasteiger partial charge in [0, 0.05) is 36.9 Å². The van der Waals surface area contributed by atoms with E-state index in [4.69, 9.17) is 0 Å². The van der Waals surface area contributed by atoms with Gasteiger partial charge in [0.05, 0.1) is 26.3 Å². The normalized spacial score (nSPS) is 18.8. The number of aromatic amines is 2. The molecule has 48 heavy (non-hydrogen) atoms. The van der Waals surface area contributed by atoms with Crippen molar-refractivity contribution in [2.24, 2.45) is 0 Å². The molecule has 2 aromatic heterocycles. The standard InChI is InChI=1S/C34H46N8O6/c1-21(37-33(45)47-3)31(43)41-17-5-7-27(41)29-35-19-25(39-29)15-13-23-9-11-24(12-10-23)14-16-26-20-36-30(40-26)28-8-6-18-42(28)32(44)22(2)38-34(46)48-4/h9-12,19-22,27-28H,5-8,13-18H2,1-4H3,(H,35,39)(H,36,40)(H,37,45)(H,38,46)/t21-,22-,27?,28?/m0/s1. The van der Waals surface area contributed by atoms with E-state index in [1.165, 1.54) is 25.3 Å². The van der Waals surface area contributed by atoms with Gasteiger partial charge in [-0.05, 0) is 76.3 Å². The van der Waals surface area contributed by atoms with Crippen LogP contribution in [0, 0.1) is 0 Å². The number of likely N-dealkylation sites (tertiary alicyclic amines) is 2. The van der Waals surface area contributed by atoms with E-state index in [2.05, 4.69) is 64.3 Å². The van der Waals surface area contributed by atoms with Gasteiger partial charge < -0.3 is 39.9 Å². The molecule has 2 fully saturated rings. The quantitative estimate of drug-likeness (QED) is 0.228. The number of imidazole rings is 2. The topological polar surface area (TPSA) is 175 Å². The van der Waals surface area contributed by atoms with Crippen molar-refractivity contribution >= 4 is 24.0 Å². The molecular weight excluding hydrogens is 616 g/mol. The summed E-state index contributed by atoms with van der Waals surface area (Å²) in [6.45, 7) is 4.57. The number of carbonyl (C=O) groups is 4. The predicted molar refractivity (Wildman–Crippen MR) is 176 cm³/mol. The Hall–Kier alpha value is -4.88. The van der Waals surface area contributed by atoms with Crippen molar-refractivity contribution in [3.8, 4) is 0 Å². The van der Waals surface area contributed by atoms with Gasteiger partial charge in [-0.1, -0.05) is 24.3 Å². The number of alkyl carbamates (subject to hydrolysis) is 2. The number of H-pyrrole nitrogens is 2. The maximum absolute atomic E-state index is 13.0. The Morgan fingerprint density at radius 3 is 1.50 bits per heavy atom. The zero-order valence-corrected chi connectivity index (χ0v) is 28.1. The van der Waals surface area contributed by atoms with Crippen molar-refractivity contribution in [3.63, 3.8) is 0 Å². The van der Waals surface area contributed by atoms with Crippen molar-refractivity contribution in [2.45, 2.75) is 89.4 Å². The number of hydrogen-bond donors (Lipinski definition) is 4. The molecule has 14 nitrogen and oxygen atoms in total. The van der Waals surface area contributed by atoms with Gasteiger partial charge in [-0.25, -0.2) is 19.6 Å². The first-order valence-corrected chi connectivity index (χ1v) is 16.6. The van der Waals surface area contributed by atoms with Gasteiger partial charge in [-0.15, -0.1) is 0 Å². The molecule has 0 saturated carbocycles. The van der Waals surface area contributed by atoms with Crippen molar-refractivity contribution in [3.05, 3.63) is 70.8 Å². The van der Waals surface area contributed by atoms with E-state index in [1.807, 2.05) is 12.4 Å². The van der Waals surface area contributed by atoms with Crippen LogP contribution in [0.1, 0.15) is 85.8 Å². The average molecular weight is 663 g/mol. The van der Waals surface area contributed by atoms with E-state index >= 15 is 0 Å². The Morgan fingerprint density at radius 2 is 1.12 bits per heavy atom. The zero-order chi connectivity index (χ0) is 34.2. The first-order valence-electron chi connectivity index (χ1n) is 16.6. The smallest absolute Gasteiger partial charge is 0.407 e. The van der Waals surface area contributed by atoms with Crippen LogP contribution < -0.4 is 10.6 Å². The molecule has 2 aliphatic rings. The Kier molecular flexibility index (Phi) is 11.3. The minimum Gasteiger partial charge on any atom is -0.453 e. The molecule has 258 valence electrons. The van der Waals surface area contributed by atoms with Crippen molar-refractivity contribution < 1.29 is 28.7 Å². The first-order chi connectivity index (χ1) is 23.2. The maximum Gasteiger partial charge on any atom is 0.407 e. The fraction of sp³-hybridized carbons (Fsp3) is 0.529. The molecule has 3 aromatic rings. The van der Waals surface area contributed by atoms with Crippen LogP contribution in [-0.4, -0.2) is 93.1 Å². The molecule has 14 heteroatoms. The molecule has 2 unspecified atom stereocenters. The first kappa shape index (κ1) is 34.5. The molecule has 0 aliphatic carbocycles. The van der Waals surface area contributed by atoms with Crippen LogP contribution in [0.25, 0.3) is 0 Å². The molecule has 1 aromatic carbocycles. The second-order valence-corrected chi connectivity index (χ2v) is 12.5. The van der Waals surface area contributed by atoms with Crippen molar-refractivity contribution in [1.29, 1.82) is 0 Å². The number of aromatic nitrogens is 4. The lowest BCUT2D eigenvalue weighted by Crippen LogP contribution is -2.46. The zero-order valence-electron chi connectivity index (χ0n) is 28.1. The monoisotopic (exact) mass is 662 g/mol. The van der Waals surface area contributed by atoms with Gasteiger partial charge in [0.1, 0.15) is 23.7 Å². The molecule has 4 N–H and O–H groups in total. The van der Waals surface area contributed by atoms with Crippen LogP contribution in [0.4, 0.5) is 9.59 Å². The van der Waals surface area contributed by atoms with Crippen molar-refractivity contribution in [2.75, 3.05) is 27.3 Å². The summed E-state index contributed by atoms with van der Waals surface area (Å²) in [6.07, 6.45) is 9.12. The third-order valence-electron chi connectivity index (χ3n) is 9.17. The van der Waals surface area contributed by atoms with Gasteiger partial charge in [-0.3, -0.25) is 9.59 Å². The number of nitrogens with one attached hydrogen (secondary N) is 4. The van der Waals surface area contributed by atoms with Crippen LogP contribution in [0.15, 0.2) is 36.7 Å². The highest BCUT2D eigenvalue weighted by molar-refractivity contribution is 5.86. The summed E-state index contributed by atoms with van der Waals surface area (Å²) in [5.41, 5.74) is 4.48. The molecule has 2 saturated heterocycles. The summed E-state index contributed by atoms with van der Waals surface area (Å²) >= 11 is 0. The SMILES string of the molecule is COC(=O)N[C@@H](C)C(=O)N1CCCC1c1ncc(CCc2ccc(CCc3cnc(C4CCCN4C(=O)[C@H](C)NC(=O)OC)[nH]3)cc2)[nH]1. The highest BCUT2D eigenvalue weighted by Gasteiger charge is 2.36. The summed E-state index contributed by atoms with van der Waals surface area (Å²) in [4.78, 5) is 68.7. The van der Waals surface area contributed by atoms with Crippen LogP contribution in [0.3, 0.4) is 0 Å². The summed E-state index contributed by atoms with van der Waals surface area (Å²) < 4.78 is 9.25. The second kappa shape index (κ2) is 15.8. The summed E-state index contributed by atoms with van der Waals surface area (Å²) in [5.74, 6) is 1.25. The predicted octanol–water partition coefficient (Wildman–Crippen LogP) is 3.52. The number of aryl methyl sites for hydroxylation is 4. The van der Waals surface area contributed by atoms with E-state index in [0.717, 1.165) is 74.4 Å². The minimum atomic E-state index is -0.680. The molecule has 5 rings (SSSR count). The Balaban J connectivity index is 1.09. The fourth-order valence-corrected chi connectivity index (χ4v) is 6.50. The summed E-state index contributed by atoms with van der Waals surface area (Å²) in [7, 11) is 2.55. The van der Waals surface area contributed by atoms with E-state index in [-0.39, 0.29) is 23.9 Å². The third-order valence-corrected chi connectivity index (χ3v) is 9.17. The van der Waals surface area contributed by atoms with Crippen molar-refractivity contribution in [1.82, 2.24) is 40.4 Å². The van der Waals surface area contributed by atoms with Gasteiger partial charge in [0.2, 0.25) is 11.8 Å². The molecule has 2 aliphatic heterocycles. The lowest BCUT2D eigenvalue weighted by Gasteiger charge is -2.26. The van der Waals surface area contributed by atoms with Crippen LogP contribution in [-0.2, 0) is 44.7 Å².